The molecule has 0 spiro atoms. The summed E-state index contributed by atoms with van der Waals surface area (Å²) in [5.74, 6) is 0.880. The van der Waals surface area contributed by atoms with Gasteiger partial charge in [-0.2, -0.15) is 0 Å². The predicted octanol–water partition coefficient (Wildman–Crippen LogP) is 2.69. The van der Waals surface area contributed by atoms with Crippen LogP contribution in [0.15, 0.2) is 18.2 Å². The summed E-state index contributed by atoms with van der Waals surface area (Å²) in [6, 6.07) is 6.02. The molecule has 1 aromatic carbocycles. The average molecular weight is 257 g/mol. The number of hydrogen-bond donors (Lipinski definition) is 1. The molecule has 1 rings (SSSR count). The molecule has 0 radical (unpaired) electrons. The van der Waals surface area contributed by atoms with Crippen molar-refractivity contribution in [3.05, 3.63) is 28.8 Å². The minimum absolute atomic E-state index is 0.284. The van der Waals surface area contributed by atoms with Gasteiger partial charge in [-0.05, 0) is 51.7 Å². The lowest BCUT2D eigenvalue weighted by Gasteiger charge is -2.26. The number of methoxy groups -OCH3 is 1. The molecule has 0 heterocycles. The van der Waals surface area contributed by atoms with Crippen LogP contribution in [0.5, 0.6) is 5.75 Å². The molecule has 2 N–H and O–H groups in total. The van der Waals surface area contributed by atoms with Gasteiger partial charge in [-0.25, -0.2) is 0 Å². The van der Waals surface area contributed by atoms with Crippen molar-refractivity contribution in [3.8, 4) is 5.75 Å². The van der Waals surface area contributed by atoms with Crippen molar-refractivity contribution in [3.63, 3.8) is 0 Å². The summed E-state index contributed by atoms with van der Waals surface area (Å²) >= 11 is 6.06. The molecule has 0 aliphatic carbocycles. The van der Waals surface area contributed by atoms with Crippen molar-refractivity contribution < 1.29 is 4.74 Å². The zero-order valence-electron chi connectivity index (χ0n) is 10.7. The summed E-state index contributed by atoms with van der Waals surface area (Å²) < 4.78 is 5.39. The van der Waals surface area contributed by atoms with Crippen LogP contribution in [0.25, 0.3) is 0 Å². The first kappa shape index (κ1) is 14.3. The topological polar surface area (TPSA) is 38.5 Å². The first-order valence-corrected chi connectivity index (χ1v) is 6.18. The third kappa shape index (κ3) is 3.87. The Bertz CT molecular complexity index is 355. The van der Waals surface area contributed by atoms with Gasteiger partial charge in [-0.1, -0.05) is 11.6 Å². The number of ether oxygens (including phenoxy) is 1. The summed E-state index contributed by atoms with van der Waals surface area (Å²) in [6.07, 6.45) is 1.98. The van der Waals surface area contributed by atoms with Crippen LogP contribution in [0.2, 0.25) is 5.02 Å². The number of rotatable bonds is 6. The third-order valence-electron chi connectivity index (χ3n) is 2.86. The van der Waals surface area contributed by atoms with Gasteiger partial charge in [0.25, 0.3) is 0 Å². The Morgan fingerprint density at radius 1 is 1.41 bits per heavy atom. The van der Waals surface area contributed by atoms with Crippen molar-refractivity contribution >= 4 is 11.6 Å². The van der Waals surface area contributed by atoms with Crippen molar-refractivity contribution in [2.45, 2.75) is 18.9 Å². The Morgan fingerprint density at radius 2 is 2.12 bits per heavy atom. The Hall–Kier alpha value is -0.770. The first-order chi connectivity index (χ1) is 8.10. The second-order valence-electron chi connectivity index (χ2n) is 4.30. The second kappa shape index (κ2) is 6.84. The molecule has 96 valence electrons. The van der Waals surface area contributed by atoms with Gasteiger partial charge in [0.2, 0.25) is 0 Å². The van der Waals surface area contributed by atoms with Crippen molar-refractivity contribution in [2.75, 3.05) is 27.7 Å². The molecule has 3 nitrogen and oxygen atoms in total. The van der Waals surface area contributed by atoms with Gasteiger partial charge in [0.1, 0.15) is 5.75 Å². The molecule has 0 amide bonds. The third-order valence-corrected chi connectivity index (χ3v) is 3.09. The van der Waals surface area contributed by atoms with Crippen LogP contribution in [-0.4, -0.2) is 32.6 Å². The smallest absolute Gasteiger partial charge is 0.123 e. The largest absolute Gasteiger partial charge is 0.496 e. The number of nitrogens with zero attached hydrogens (tertiary/aromatic N) is 1. The standard InChI is InChI=1S/C13H21ClN2O/c1-16(2)12(5-4-8-15)11-9-10(14)6-7-13(11)17-3/h6-7,9,12H,4-5,8,15H2,1-3H3. The van der Waals surface area contributed by atoms with Gasteiger partial charge in [-0.3, -0.25) is 0 Å². The van der Waals surface area contributed by atoms with Gasteiger partial charge in [0.15, 0.2) is 0 Å². The summed E-state index contributed by atoms with van der Waals surface area (Å²) in [7, 11) is 5.80. The van der Waals surface area contributed by atoms with Crippen LogP contribution in [0.4, 0.5) is 0 Å². The van der Waals surface area contributed by atoms with E-state index in [4.69, 9.17) is 22.1 Å². The van der Waals surface area contributed by atoms with Gasteiger partial charge < -0.3 is 15.4 Å². The van der Waals surface area contributed by atoms with E-state index >= 15 is 0 Å². The maximum atomic E-state index is 6.06. The molecule has 1 unspecified atom stereocenters. The minimum Gasteiger partial charge on any atom is -0.496 e. The van der Waals surface area contributed by atoms with Crippen LogP contribution in [0.3, 0.4) is 0 Å². The van der Waals surface area contributed by atoms with Crippen LogP contribution in [0.1, 0.15) is 24.4 Å². The monoisotopic (exact) mass is 256 g/mol. The fourth-order valence-corrected chi connectivity index (χ4v) is 2.15. The van der Waals surface area contributed by atoms with Crippen molar-refractivity contribution in [1.29, 1.82) is 0 Å². The van der Waals surface area contributed by atoms with Gasteiger partial charge >= 0.3 is 0 Å². The molecule has 17 heavy (non-hydrogen) atoms. The number of halogens is 1. The quantitative estimate of drug-likeness (QED) is 0.851. The Labute approximate surface area is 109 Å². The zero-order valence-corrected chi connectivity index (χ0v) is 11.5. The highest BCUT2D eigenvalue weighted by atomic mass is 35.5. The first-order valence-electron chi connectivity index (χ1n) is 5.80. The molecular formula is C13H21ClN2O. The van der Waals surface area contributed by atoms with E-state index in [0.29, 0.717) is 6.54 Å². The Kier molecular flexibility index (Phi) is 5.75. The Balaban J connectivity index is 3.02. The van der Waals surface area contributed by atoms with E-state index in [1.807, 2.05) is 18.2 Å². The maximum absolute atomic E-state index is 6.06. The van der Waals surface area contributed by atoms with E-state index in [1.165, 1.54) is 0 Å². The lowest BCUT2D eigenvalue weighted by atomic mass is 10.00. The van der Waals surface area contributed by atoms with Crippen molar-refractivity contribution in [2.24, 2.45) is 5.73 Å². The molecule has 1 aromatic rings. The summed E-state index contributed by atoms with van der Waals surface area (Å²) in [6.45, 7) is 0.702. The summed E-state index contributed by atoms with van der Waals surface area (Å²) in [5, 5.41) is 0.736. The summed E-state index contributed by atoms with van der Waals surface area (Å²) in [5.41, 5.74) is 6.70. The number of hydrogen-bond acceptors (Lipinski definition) is 3. The van der Waals surface area contributed by atoms with E-state index in [0.717, 1.165) is 29.2 Å². The van der Waals surface area contributed by atoms with Gasteiger partial charge in [-0.15, -0.1) is 0 Å². The second-order valence-corrected chi connectivity index (χ2v) is 4.73. The highest BCUT2D eigenvalue weighted by molar-refractivity contribution is 6.30. The SMILES string of the molecule is COc1ccc(Cl)cc1C(CCCN)N(C)C. The minimum atomic E-state index is 0.284. The van der Waals surface area contributed by atoms with E-state index < -0.39 is 0 Å². The predicted molar refractivity (Wildman–Crippen MR) is 72.7 cm³/mol. The fraction of sp³-hybridized carbons (Fsp3) is 0.538. The van der Waals surface area contributed by atoms with E-state index in [-0.39, 0.29) is 6.04 Å². The van der Waals surface area contributed by atoms with Gasteiger partial charge in [0, 0.05) is 16.6 Å². The molecule has 4 heteroatoms. The lowest BCUT2D eigenvalue weighted by molar-refractivity contribution is 0.271. The van der Waals surface area contributed by atoms with Crippen LogP contribution in [-0.2, 0) is 0 Å². The molecule has 0 bridgehead atoms. The Morgan fingerprint density at radius 3 is 2.65 bits per heavy atom. The van der Waals surface area contributed by atoms with E-state index in [2.05, 4.69) is 19.0 Å². The molecule has 0 aromatic heterocycles. The molecular weight excluding hydrogens is 236 g/mol. The normalized spacial score (nSPS) is 12.8. The molecule has 0 saturated carbocycles. The highest BCUT2D eigenvalue weighted by Gasteiger charge is 2.18. The average Bonchev–Trinajstić information content (AvgIpc) is 2.29. The van der Waals surface area contributed by atoms with E-state index in [9.17, 15) is 0 Å². The molecule has 0 aliphatic rings. The fourth-order valence-electron chi connectivity index (χ4n) is 1.97. The maximum Gasteiger partial charge on any atom is 0.123 e. The highest BCUT2D eigenvalue weighted by Crippen LogP contribution is 2.33. The lowest BCUT2D eigenvalue weighted by Crippen LogP contribution is -2.21. The molecule has 0 fully saturated rings. The molecule has 0 aliphatic heterocycles. The zero-order chi connectivity index (χ0) is 12.8. The van der Waals surface area contributed by atoms with Crippen molar-refractivity contribution in [1.82, 2.24) is 4.90 Å². The van der Waals surface area contributed by atoms with E-state index in [1.54, 1.807) is 7.11 Å². The van der Waals surface area contributed by atoms with Crippen LogP contribution in [0, 0.1) is 0 Å². The molecule has 1 atom stereocenters. The number of benzene rings is 1. The van der Waals surface area contributed by atoms with Crippen LogP contribution < -0.4 is 10.5 Å². The number of nitrogens with two attached hydrogens (primary N) is 1. The van der Waals surface area contributed by atoms with Crippen LogP contribution >= 0.6 is 11.6 Å². The van der Waals surface area contributed by atoms with Gasteiger partial charge in [0.05, 0.1) is 7.11 Å². The summed E-state index contributed by atoms with van der Waals surface area (Å²) in [4.78, 5) is 2.17. The molecule has 0 saturated heterocycles.